The topological polar surface area (TPSA) is 61.3 Å². The number of nitrogens with zero attached hydrogens (tertiary/aromatic N) is 1. The van der Waals surface area contributed by atoms with E-state index in [4.69, 9.17) is 14.9 Å². The van der Waals surface area contributed by atoms with Crippen LogP contribution in [0.25, 0.3) is 0 Å². The van der Waals surface area contributed by atoms with Crippen LogP contribution in [0.3, 0.4) is 0 Å². The fraction of sp³-hybridized carbons (Fsp3) is 0.308. The summed E-state index contributed by atoms with van der Waals surface area (Å²) in [4.78, 5) is 4.07. The predicted octanol–water partition coefficient (Wildman–Crippen LogP) is 2.28. The molecule has 0 bridgehead atoms. The molecule has 0 aliphatic heterocycles. The van der Waals surface area contributed by atoms with Crippen LogP contribution in [0.2, 0.25) is 0 Å². The number of pyridine rings is 1. The van der Waals surface area contributed by atoms with Gasteiger partial charge in [0.05, 0.1) is 12.4 Å². The van der Waals surface area contributed by atoms with Crippen molar-refractivity contribution in [3.8, 4) is 0 Å². The summed E-state index contributed by atoms with van der Waals surface area (Å²) in [5.74, 6) is 0.791. The summed E-state index contributed by atoms with van der Waals surface area (Å²) in [6.07, 6.45) is 4.96. The normalized spacial score (nSPS) is 14.5. The van der Waals surface area contributed by atoms with Crippen molar-refractivity contribution in [2.45, 2.75) is 25.7 Å². The van der Waals surface area contributed by atoms with E-state index < -0.39 is 0 Å². The number of rotatable bonds is 5. The molecule has 4 nitrogen and oxygen atoms in total. The monoisotopic (exact) mass is 232 g/mol. The lowest BCUT2D eigenvalue weighted by atomic mass is 10.1. The molecule has 2 unspecified atom stereocenters. The van der Waals surface area contributed by atoms with Crippen LogP contribution >= 0.6 is 0 Å². The lowest BCUT2D eigenvalue weighted by Gasteiger charge is -2.20. The van der Waals surface area contributed by atoms with Crippen LogP contribution in [-0.2, 0) is 11.3 Å². The molecule has 0 amide bonds. The van der Waals surface area contributed by atoms with Gasteiger partial charge in [-0.25, -0.2) is 0 Å². The Morgan fingerprint density at radius 1 is 1.41 bits per heavy atom. The van der Waals surface area contributed by atoms with E-state index in [-0.39, 0.29) is 12.1 Å². The van der Waals surface area contributed by atoms with Crippen LogP contribution in [-0.4, -0.2) is 11.0 Å². The smallest absolute Gasteiger partial charge is 0.129 e. The first kappa shape index (κ1) is 11.8. The highest BCUT2D eigenvalue weighted by atomic mass is 16.5. The van der Waals surface area contributed by atoms with E-state index in [1.54, 1.807) is 18.7 Å². The molecule has 2 rings (SSSR count). The average molecular weight is 232 g/mol. The third-order valence-electron chi connectivity index (χ3n) is 2.48. The Morgan fingerprint density at radius 3 is 2.88 bits per heavy atom. The Balaban J connectivity index is 2.03. The summed E-state index contributed by atoms with van der Waals surface area (Å²) in [7, 11) is 0. The van der Waals surface area contributed by atoms with Gasteiger partial charge in [-0.1, -0.05) is 6.07 Å². The van der Waals surface area contributed by atoms with Crippen molar-refractivity contribution in [2.75, 3.05) is 0 Å². The lowest BCUT2D eigenvalue weighted by Crippen LogP contribution is -2.27. The molecule has 0 radical (unpaired) electrons. The molecule has 0 spiro atoms. The summed E-state index contributed by atoms with van der Waals surface area (Å²) >= 11 is 0. The van der Waals surface area contributed by atoms with Gasteiger partial charge in [-0.15, -0.1) is 0 Å². The molecule has 0 saturated carbocycles. The van der Waals surface area contributed by atoms with Crippen LogP contribution in [0.5, 0.6) is 0 Å². The second-order valence-electron chi connectivity index (χ2n) is 3.96. The fourth-order valence-electron chi connectivity index (χ4n) is 1.66. The minimum absolute atomic E-state index is 0.103. The van der Waals surface area contributed by atoms with Crippen molar-refractivity contribution >= 4 is 0 Å². The first-order chi connectivity index (χ1) is 8.27. The fourth-order valence-corrected chi connectivity index (χ4v) is 1.66. The Kier molecular flexibility index (Phi) is 3.90. The van der Waals surface area contributed by atoms with E-state index in [0.29, 0.717) is 6.61 Å². The molecule has 17 heavy (non-hydrogen) atoms. The van der Waals surface area contributed by atoms with Crippen LogP contribution < -0.4 is 5.73 Å². The van der Waals surface area contributed by atoms with Crippen LogP contribution in [0, 0.1) is 0 Å². The second kappa shape index (κ2) is 5.61. The predicted molar refractivity (Wildman–Crippen MR) is 64.1 cm³/mol. The molecule has 2 N–H and O–H groups in total. The van der Waals surface area contributed by atoms with Crippen molar-refractivity contribution in [3.63, 3.8) is 0 Å². The van der Waals surface area contributed by atoms with Gasteiger partial charge in [0.15, 0.2) is 0 Å². The minimum Gasteiger partial charge on any atom is -0.467 e. The Labute approximate surface area is 100 Å². The second-order valence-corrected chi connectivity index (χ2v) is 3.96. The molecular formula is C13H16N2O2. The number of furan rings is 1. The third-order valence-corrected chi connectivity index (χ3v) is 2.48. The number of nitrogens with two attached hydrogens (primary N) is 1. The zero-order chi connectivity index (χ0) is 12.1. The van der Waals surface area contributed by atoms with Gasteiger partial charge in [0.2, 0.25) is 0 Å². The van der Waals surface area contributed by atoms with Gasteiger partial charge in [-0.2, -0.15) is 0 Å². The summed E-state index contributed by atoms with van der Waals surface area (Å²) < 4.78 is 11.0. The van der Waals surface area contributed by atoms with Crippen LogP contribution in [0.15, 0.2) is 47.3 Å². The van der Waals surface area contributed by atoms with Gasteiger partial charge in [-0.3, -0.25) is 4.98 Å². The van der Waals surface area contributed by atoms with E-state index in [0.717, 1.165) is 11.3 Å². The Hall–Kier alpha value is -1.65. The van der Waals surface area contributed by atoms with Crippen molar-refractivity contribution in [1.29, 1.82) is 0 Å². The summed E-state index contributed by atoms with van der Waals surface area (Å²) in [6.45, 7) is 2.33. The molecular weight excluding hydrogens is 216 g/mol. The molecule has 2 aromatic rings. The van der Waals surface area contributed by atoms with Crippen molar-refractivity contribution in [2.24, 2.45) is 5.73 Å². The Morgan fingerprint density at radius 2 is 2.29 bits per heavy atom. The van der Waals surface area contributed by atoms with Crippen LogP contribution in [0.4, 0.5) is 0 Å². The first-order valence-corrected chi connectivity index (χ1v) is 5.57. The number of aromatic nitrogens is 1. The van der Waals surface area contributed by atoms with Crippen molar-refractivity contribution in [3.05, 3.63) is 54.2 Å². The van der Waals surface area contributed by atoms with E-state index in [1.807, 2.05) is 31.2 Å². The average Bonchev–Trinajstić information content (AvgIpc) is 2.83. The van der Waals surface area contributed by atoms with Crippen molar-refractivity contribution in [1.82, 2.24) is 4.98 Å². The zero-order valence-corrected chi connectivity index (χ0v) is 9.74. The maximum Gasteiger partial charge on any atom is 0.129 e. The minimum atomic E-state index is -0.172. The molecule has 0 fully saturated rings. The van der Waals surface area contributed by atoms with Gasteiger partial charge in [0.1, 0.15) is 12.4 Å². The van der Waals surface area contributed by atoms with Gasteiger partial charge in [-0.05, 0) is 25.1 Å². The molecule has 4 heteroatoms. The molecule has 0 saturated heterocycles. The largest absolute Gasteiger partial charge is 0.467 e. The molecule has 0 aromatic carbocycles. The highest BCUT2D eigenvalue weighted by Crippen LogP contribution is 2.21. The number of ether oxygens (including phenoxy) is 1. The van der Waals surface area contributed by atoms with Gasteiger partial charge in [0, 0.05) is 24.0 Å². The lowest BCUT2D eigenvalue weighted by molar-refractivity contribution is 0.0168. The molecule has 2 aromatic heterocycles. The SMILES string of the molecule is CC(N)C(OCc1ccco1)c1cccnc1. The molecule has 0 aliphatic carbocycles. The highest BCUT2D eigenvalue weighted by Gasteiger charge is 2.17. The van der Waals surface area contributed by atoms with Crippen molar-refractivity contribution < 1.29 is 9.15 Å². The summed E-state index contributed by atoms with van der Waals surface area (Å²) in [5, 5.41) is 0. The number of hydrogen-bond donors (Lipinski definition) is 1. The zero-order valence-electron chi connectivity index (χ0n) is 9.74. The first-order valence-electron chi connectivity index (χ1n) is 5.57. The highest BCUT2D eigenvalue weighted by molar-refractivity contribution is 5.14. The van der Waals surface area contributed by atoms with E-state index in [1.165, 1.54) is 0 Å². The molecule has 90 valence electrons. The van der Waals surface area contributed by atoms with E-state index in [9.17, 15) is 0 Å². The van der Waals surface area contributed by atoms with Gasteiger partial charge in [0.25, 0.3) is 0 Å². The Bertz CT molecular complexity index is 426. The molecule has 2 heterocycles. The van der Waals surface area contributed by atoms with E-state index in [2.05, 4.69) is 4.98 Å². The maximum absolute atomic E-state index is 5.92. The summed E-state index contributed by atoms with van der Waals surface area (Å²) in [5.41, 5.74) is 6.91. The van der Waals surface area contributed by atoms with Gasteiger partial charge >= 0.3 is 0 Å². The molecule has 0 aliphatic rings. The standard InChI is InChI=1S/C13H16N2O2/c1-10(14)13(11-4-2-6-15-8-11)17-9-12-5-3-7-16-12/h2-8,10,13H,9,14H2,1H3. The number of hydrogen-bond acceptors (Lipinski definition) is 4. The van der Waals surface area contributed by atoms with Crippen LogP contribution in [0.1, 0.15) is 24.4 Å². The quantitative estimate of drug-likeness (QED) is 0.859. The third kappa shape index (κ3) is 3.15. The maximum atomic E-state index is 5.92. The van der Waals surface area contributed by atoms with E-state index >= 15 is 0 Å². The van der Waals surface area contributed by atoms with Gasteiger partial charge < -0.3 is 14.9 Å². The molecule has 2 atom stereocenters. The summed E-state index contributed by atoms with van der Waals surface area (Å²) in [6, 6.07) is 7.45.